The Labute approximate surface area is 148 Å². The zero-order valence-electron chi connectivity index (χ0n) is 14.1. The largest absolute Gasteiger partial charge is 0.465 e. The number of hydrogen-bond acceptors (Lipinski definition) is 6. The molecule has 0 atom stereocenters. The van der Waals surface area contributed by atoms with E-state index in [1.807, 2.05) is 0 Å². The highest BCUT2D eigenvalue weighted by molar-refractivity contribution is 6.33. The Balaban J connectivity index is 2.80. The van der Waals surface area contributed by atoms with Gasteiger partial charge in [0.05, 0.1) is 23.3 Å². The van der Waals surface area contributed by atoms with Crippen molar-refractivity contribution in [1.29, 1.82) is 0 Å². The van der Waals surface area contributed by atoms with Crippen molar-refractivity contribution in [3.63, 3.8) is 0 Å². The summed E-state index contributed by atoms with van der Waals surface area (Å²) in [6.45, 7) is 1.31. The molecule has 6 nitrogen and oxygen atoms in total. The van der Waals surface area contributed by atoms with Gasteiger partial charge in [-0.25, -0.2) is 9.18 Å². The molecular weight excluding hydrogens is 351 g/mol. The van der Waals surface area contributed by atoms with E-state index < -0.39 is 11.8 Å². The molecule has 1 heterocycles. The molecule has 25 heavy (non-hydrogen) atoms. The van der Waals surface area contributed by atoms with Crippen molar-refractivity contribution in [3.05, 3.63) is 46.6 Å². The molecule has 0 bridgehead atoms. The van der Waals surface area contributed by atoms with Crippen molar-refractivity contribution < 1.29 is 23.2 Å². The highest BCUT2D eigenvalue weighted by Gasteiger charge is 2.31. The molecular formula is C17H16ClFN2O4. The van der Waals surface area contributed by atoms with Gasteiger partial charge in [0.25, 0.3) is 0 Å². The number of ketones is 1. The van der Waals surface area contributed by atoms with Gasteiger partial charge < -0.3 is 14.2 Å². The number of Topliss-reactive ketones (excluding diaryl/α,β-unsaturated/α-hetero) is 1. The highest BCUT2D eigenvalue weighted by Crippen LogP contribution is 2.36. The minimum atomic E-state index is -0.823. The second-order valence-electron chi connectivity index (χ2n) is 5.39. The van der Waals surface area contributed by atoms with Crippen LogP contribution in [-0.4, -0.2) is 43.0 Å². The zero-order valence-corrected chi connectivity index (χ0v) is 14.8. The van der Waals surface area contributed by atoms with Crippen molar-refractivity contribution in [2.75, 3.05) is 21.2 Å². The number of aromatic nitrogens is 1. The van der Waals surface area contributed by atoms with Gasteiger partial charge in [0.1, 0.15) is 17.1 Å². The third-order valence-corrected chi connectivity index (χ3v) is 3.61. The quantitative estimate of drug-likeness (QED) is 0.596. The van der Waals surface area contributed by atoms with E-state index in [-0.39, 0.29) is 39.0 Å². The van der Waals surface area contributed by atoms with Gasteiger partial charge in [-0.15, -0.1) is 0 Å². The number of carbonyl (C=O) groups excluding carboxylic acids is 2. The van der Waals surface area contributed by atoms with E-state index in [0.29, 0.717) is 0 Å². The summed E-state index contributed by atoms with van der Waals surface area (Å²) in [6, 6.07) is 4.06. The Bertz CT molecular complexity index is 838. The summed E-state index contributed by atoms with van der Waals surface area (Å²) in [7, 11) is 4.56. The number of rotatable bonds is 5. The van der Waals surface area contributed by atoms with Gasteiger partial charge in [0, 0.05) is 20.3 Å². The predicted octanol–water partition coefficient (Wildman–Crippen LogP) is 3.41. The van der Waals surface area contributed by atoms with Crippen LogP contribution in [0.2, 0.25) is 5.02 Å². The first-order chi connectivity index (χ1) is 11.8. The second kappa shape index (κ2) is 7.48. The van der Waals surface area contributed by atoms with E-state index in [0.717, 1.165) is 7.11 Å². The molecule has 1 aromatic heterocycles. The minimum Gasteiger partial charge on any atom is -0.465 e. The average Bonchev–Trinajstić information content (AvgIpc) is 2.95. The summed E-state index contributed by atoms with van der Waals surface area (Å²) < 4.78 is 24.2. The topological polar surface area (TPSA) is 72.6 Å². The second-order valence-corrected chi connectivity index (χ2v) is 5.79. The molecule has 0 aliphatic carbocycles. The van der Waals surface area contributed by atoms with Crippen LogP contribution in [0.3, 0.4) is 0 Å². The van der Waals surface area contributed by atoms with E-state index in [1.165, 1.54) is 31.3 Å². The van der Waals surface area contributed by atoms with Crippen LogP contribution in [0.15, 0.2) is 28.9 Å². The number of benzene rings is 1. The van der Waals surface area contributed by atoms with E-state index in [1.54, 1.807) is 19.0 Å². The number of carbonyl (C=O) groups is 2. The van der Waals surface area contributed by atoms with Gasteiger partial charge in [-0.05, 0) is 19.1 Å². The molecule has 0 unspecified atom stereocenters. The first-order valence-corrected chi connectivity index (χ1v) is 7.57. The normalized spacial score (nSPS) is 11.4. The van der Waals surface area contributed by atoms with Gasteiger partial charge in [0.2, 0.25) is 0 Å². The lowest BCUT2D eigenvalue weighted by atomic mass is 10.0. The van der Waals surface area contributed by atoms with Crippen LogP contribution >= 0.6 is 11.6 Å². The predicted molar refractivity (Wildman–Crippen MR) is 90.6 cm³/mol. The first kappa shape index (κ1) is 18.7. The fourth-order valence-electron chi connectivity index (χ4n) is 2.23. The molecule has 8 heteroatoms. The lowest BCUT2D eigenvalue weighted by Crippen LogP contribution is -2.10. The Morgan fingerprint density at radius 3 is 2.56 bits per heavy atom. The van der Waals surface area contributed by atoms with E-state index in [4.69, 9.17) is 20.9 Å². The molecule has 0 saturated heterocycles. The first-order valence-electron chi connectivity index (χ1n) is 7.19. The Hall–Kier alpha value is -2.67. The Morgan fingerprint density at radius 1 is 1.36 bits per heavy atom. The van der Waals surface area contributed by atoms with Crippen molar-refractivity contribution in [2.45, 2.75) is 6.92 Å². The molecule has 2 rings (SSSR count). The lowest BCUT2D eigenvalue weighted by Gasteiger charge is -2.09. The Kier molecular flexibility index (Phi) is 5.58. The van der Waals surface area contributed by atoms with Crippen LogP contribution in [-0.2, 0) is 9.53 Å². The monoisotopic (exact) mass is 366 g/mol. The number of halogens is 2. The summed E-state index contributed by atoms with van der Waals surface area (Å²) in [5, 5.41) is 3.82. The van der Waals surface area contributed by atoms with Crippen LogP contribution in [0.4, 0.5) is 4.39 Å². The number of methoxy groups -OCH3 is 1. The van der Waals surface area contributed by atoms with Crippen molar-refractivity contribution in [1.82, 2.24) is 10.1 Å². The van der Waals surface area contributed by atoms with Crippen LogP contribution in [0, 0.1) is 5.82 Å². The molecule has 2 aromatic rings. The number of esters is 1. The molecule has 0 fully saturated rings. The van der Waals surface area contributed by atoms with Crippen molar-refractivity contribution >= 4 is 28.9 Å². The number of hydrogen-bond donors (Lipinski definition) is 0. The van der Waals surface area contributed by atoms with Gasteiger partial charge in [-0.3, -0.25) is 4.79 Å². The van der Waals surface area contributed by atoms with Gasteiger partial charge >= 0.3 is 5.97 Å². The molecule has 0 aliphatic heterocycles. The smallest absolute Gasteiger partial charge is 0.344 e. The molecule has 0 saturated carbocycles. The standard InChI is InChI=1S/C17H16ClFN2O4/c1-9(22)10(8-21(2)3)16-14(17(23)24-4)15(20-25-16)13-11(18)6-5-7-12(13)19/h5-8H,1-4H3/b10-8+. The summed E-state index contributed by atoms with van der Waals surface area (Å²) in [5.41, 5.74) is -0.308. The van der Waals surface area contributed by atoms with E-state index >= 15 is 0 Å². The minimum absolute atomic E-state index is 0.0472. The summed E-state index contributed by atoms with van der Waals surface area (Å²) in [6.07, 6.45) is 1.47. The fraction of sp³-hybridized carbons (Fsp3) is 0.235. The number of ether oxygens (including phenoxy) is 1. The van der Waals surface area contributed by atoms with E-state index in [9.17, 15) is 14.0 Å². The SMILES string of the molecule is COC(=O)c1c(-c2c(F)cccc2Cl)noc1/C(=C/N(C)C)C(C)=O. The van der Waals surface area contributed by atoms with Crippen LogP contribution in [0.5, 0.6) is 0 Å². The molecule has 0 N–H and O–H groups in total. The number of allylic oxidation sites excluding steroid dienone is 1. The van der Waals surface area contributed by atoms with Gasteiger partial charge in [-0.2, -0.15) is 0 Å². The summed E-state index contributed by atoms with van der Waals surface area (Å²) in [4.78, 5) is 25.9. The average molecular weight is 367 g/mol. The molecule has 0 radical (unpaired) electrons. The summed E-state index contributed by atoms with van der Waals surface area (Å²) >= 11 is 6.06. The number of nitrogens with zero attached hydrogens (tertiary/aromatic N) is 2. The highest BCUT2D eigenvalue weighted by atomic mass is 35.5. The van der Waals surface area contributed by atoms with Crippen molar-refractivity contribution in [3.8, 4) is 11.3 Å². The Morgan fingerprint density at radius 2 is 2.04 bits per heavy atom. The third kappa shape index (κ3) is 3.71. The molecule has 1 aromatic carbocycles. The molecule has 0 spiro atoms. The zero-order chi connectivity index (χ0) is 18.7. The van der Waals surface area contributed by atoms with Crippen molar-refractivity contribution in [2.24, 2.45) is 0 Å². The summed E-state index contributed by atoms with van der Waals surface area (Å²) in [5.74, 6) is -1.97. The maximum absolute atomic E-state index is 14.3. The maximum Gasteiger partial charge on any atom is 0.344 e. The van der Waals surface area contributed by atoms with Crippen LogP contribution < -0.4 is 0 Å². The fourth-order valence-corrected chi connectivity index (χ4v) is 2.48. The van der Waals surface area contributed by atoms with E-state index in [2.05, 4.69) is 5.16 Å². The maximum atomic E-state index is 14.3. The third-order valence-electron chi connectivity index (χ3n) is 3.29. The molecule has 0 aliphatic rings. The van der Waals surface area contributed by atoms with Gasteiger partial charge in [0.15, 0.2) is 11.5 Å². The molecule has 132 valence electrons. The van der Waals surface area contributed by atoms with Gasteiger partial charge in [-0.1, -0.05) is 22.8 Å². The molecule has 0 amide bonds. The van der Waals surface area contributed by atoms with Crippen LogP contribution in [0.1, 0.15) is 23.0 Å². The van der Waals surface area contributed by atoms with Crippen LogP contribution in [0.25, 0.3) is 16.8 Å². The lowest BCUT2D eigenvalue weighted by molar-refractivity contribution is -0.111.